The number of ether oxygens (including phenoxy) is 1. The summed E-state index contributed by atoms with van der Waals surface area (Å²) in [5, 5.41) is 9.22. The highest BCUT2D eigenvalue weighted by molar-refractivity contribution is 4.55. The fraction of sp³-hybridized carbons (Fsp3) is 1.00. The van der Waals surface area contributed by atoms with Crippen LogP contribution in [0.15, 0.2) is 0 Å². The topological polar surface area (TPSA) is 45.3 Å². The summed E-state index contributed by atoms with van der Waals surface area (Å²) >= 11 is 0. The molecule has 0 radical (unpaired) electrons. The van der Waals surface area contributed by atoms with Crippen LogP contribution < -0.4 is 16.0 Å². The van der Waals surface area contributed by atoms with Crippen LogP contribution in [0.25, 0.3) is 0 Å². The minimum absolute atomic E-state index is 0.750. The first-order valence-corrected chi connectivity index (χ1v) is 3.70. The van der Waals surface area contributed by atoms with Crippen molar-refractivity contribution in [2.75, 3.05) is 39.6 Å². The van der Waals surface area contributed by atoms with Crippen molar-refractivity contribution in [1.82, 2.24) is 16.0 Å². The van der Waals surface area contributed by atoms with Crippen molar-refractivity contribution in [2.45, 2.75) is 0 Å². The minimum Gasteiger partial charge on any atom is -0.365 e. The Morgan fingerprint density at radius 2 is 1.70 bits per heavy atom. The first kappa shape index (κ1) is 7.94. The van der Waals surface area contributed by atoms with Gasteiger partial charge in [0.15, 0.2) is 0 Å². The zero-order valence-corrected chi connectivity index (χ0v) is 6.15. The molecule has 0 aromatic heterocycles. The van der Waals surface area contributed by atoms with Crippen LogP contribution in [0.1, 0.15) is 0 Å². The third-order valence-electron chi connectivity index (χ3n) is 1.36. The normalized spacial score (nSPS) is 24.0. The molecule has 2 aliphatic rings. The fourth-order valence-electron chi connectivity index (χ4n) is 0.803. The molecular formula is C6H15N3O. The second kappa shape index (κ2) is 5.61. The Bertz CT molecular complexity index is 46.2. The maximum absolute atomic E-state index is 4.83. The largest absolute Gasteiger partial charge is 0.365 e. The second-order valence-corrected chi connectivity index (χ2v) is 2.23. The molecule has 0 amide bonds. The van der Waals surface area contributed by atoms with Crippen molar-refractivity contribution < 1.29 is 4.74 Å². The SMILES string of the molecule is C1CNCN1.C1COCN1. The molecule has 0 aromatic rings. The van der Waals surface area contributed by atoms with Gasteiger partial charge in [0, 0.05) is 26.3 Å². The summed E-state index contributed by atoms with van der Waals surface area (Å²) in [4.78, 5) is 0. The zero-order valence-electron chi connectivity index (χ0n) is 6.15. The summed E-state index contributed by atoms with van der Waals surface area (Å²) in [6.45, 7) is 5.94. The van der Waals surface area contributed by atoms with Crippen molar-refractivity contribution in [2.24, 2.45) is 0 Å². The Balaban J connectivity index is 0.0000001000. The van der Waals surface area contributed by atoms with Gasteiger partial charge in [-0.15, -0.1) is 0 Å². The Kier molecular flexibility index (Phi) is 4.46. The van der Waals surface area contributed by atoms with Gasteiger partial charge in [0.1, 0.15) is 0 Å². The molecule has 3 N–H and O–H groups in total. The van der Waals surface area contributed by atoms with Crippen LogP contribution in [0.5, 0.6) is 0 Å². The van der Waals surface area contributed by atoms with Crippen LogP contribution in [-0.4, -0.2) is 39.6 Å². The lowest BCUT2D eigenvalue weighted by molar-refractivity contribution is 0.194. The fourth-order valence-corrected chi connectivity index (χ4v) is 0.803. The van der Waals surface area contributed by atoms with Crippen LogP contribution in [-0.2, 0) is 4.74 Å². The highest BCUT2D eigenvalue weighted by atomic mass is 16.5. The van der Waals surface area contributed by atoms with Gasteiger partial charge in [0.2, 0.25) is 0 Å². The molecule has 2 saturated heterocycles. The van der Waals surface area contributed by atoms with Crippen molar-refractivity contribution in [3.8, 4) is 0 Å². The number of nitrogens with one attached hydrogen (secondary N) is 3. The third-order valence-corrected chi connectivity index (χ3v) is 1.36. The van der Waals surface area contributed by atoms with Gasteiger partial charge in [-0.2, -0.15) is 0 Å². The molecule has 10 heavy (non-hydrogen) atoms. The lowest BCUT2D eigenvalue weighted by atomic mass is 10.7. The molecule has 0 unspecified atom stereocenters. The lowest BCUT2D eigenvalue weighted by Crippen LogP contribution is -2.11. The Morgan fingerprint density at radius 3 is 1.90 bits per heavy atom. The van der Waals surface area contributed by atoms with Gasteiger partial charge in [0.25, 0.3) is 0 Å². The smallest absolute Gasteiger partial charge is 0.0966 e. The van der Waals surface area contributed by atoms with Gasteiger partial charge in [-0.1, -0.05) is 0 Å². The van der Waals surface area contributed by atoms with Crippen molar-refractivity contribution in [3.63, 3.8) is 0 Å². The van der Waals surface area contributed by atoms with Crippen LogP contribution in [0.2, 0.25) is 0 Å². The minimum atomic E-state index is 0.750. The number of hydrogen-bond acceptors (Lipinski definition) is 4. The predicted molar refractivity (Wildman–Crippen MR) is 39.7 cm³/mol. The third kappa shape index (κ3) is 3.79. The van der Waals surface area contributed by atoms with Crippen molar-refractivity contribution in [3.05, 3.63) is 0 Å². The second-order valence-electron chi connectivity index (χ2n) is 2.23. The summed E-state index contributed by atoms with van der Waals surface area (Å²) in [6.07, 6.45) is 0. The molecule has 60 valence electrons. The van der Waals surface area contributed by atoms with Gasteiger partial charge < -0.3 is 15.4 Å². The van der Waals surface area contributed by atoms with E-state index >= 15 is 0 Å². The molecule has 4 nitrogen and oxygen atoms in total. The molecule has 0 aromatic carbocycles. The monoisotopic (exact) mass is 145 g/mol. The van der Waals surface area contributed by atoms with Gasteiger partial charge in [0.05, 0.1) is 13.3 Å². The first-order chi connectivity index (χ1) is 5.00. The molecule has 0 saturated carbocycles. The molecule has 2 heterocycles. The summed E-state index contributed by atoms with van der Waals surface area (Å²) < 4.78 is 4.83. The van der Waals surface area contributed by atoms with Crippen LogP contribution in [0.4, 0.5) is 0 Å². The van der Waals surface area contributed by atoms with Crippen molar-refractivity contribution in [1.29, 1.82) is 0 Å². The standard InChI is InChI=1S/C3H8N2.C3H7NO/c2*1-2-5-3-4-1/h4-5H,1-3H2;4H,1-3H2. The number of hydrogen-bond donors (Lipinski definition) is 3. The summed E-state index contributed by atoms with van der Waals surface area (Å²) in [5.41, 5.74) is 0. The van der Waals surface area contributed by atoms with E-state index in [1.165, 1.54) is 0 Å². The molecule has 0 atom stereocenters. The van der Waals surface area contributed by atoms with E-state index in [0.717, 1.165) is 39.6 Å². The maximum atomic E-state index is 4.83. The van der Waals surface area contributed by atoms with Crippen LogP contribution in [0, 0.1) is 0 Å². The highest BCUT2D eigenvalue weighted by Crippen LogP contribution is 1.75. The van der Waals surface area contributed by atoms with Gasteiger partial charge in [-0.25, -0.2) is 0 Å². The van der Waals surface area contributed by atoms with E-state index in [1.54, 1.807) is 0 Å². The van der Waals surface area contributed by atoms with E-state index in [1.807, 2.05) is 0 Å². The van der Waals surface area contributed by atoms with E-state index in [-0.39, 0.29) is 0 Å². The molecule has 4 heteroatoms. The average molecular weight is 145 g/mol. The van der Waals surface area contributed by atoms with E-state index in [9.17, 15) is 0 Å². The van der Waals surface area contributed by atoms with E-state index in [0.29, 0.717) is 0 Å². The Hall–Kier alpha value is -0.160. The molecule has 2 rings (SSSR count). The molecule has 0 spiro atoms. The molecule has 0 bridgehead atoms. The van der Waals surface area contributed by atoms with E-state index in [2.05, 4.69) is 16.0 Å². The summed E-state index contributed by atoms with van der Waals surface area (Å²) in [7, 11) is 0. The number of rotatable bonds is 0. The first-order valence-electron chi connectivity index (χ1n) is 3.70. The molecule has 2 fully saturated rings. The van der Waals surface area contributed by atoms with Crippen LogP contribution >= 0.6 is 0 Å². The summed E-state index contributed by atoms with van der Waals surface area (Å²) in [6, 6.07) is 0. The van der Waals surface area contributed by atoms with Gasteiger partial charge >= 0.3 is 0 Å². The maximum Gasteiger partial charge on any atom is 0.0966 e. The quantitative estimate of drug-likeness (QED) is 0.396. The van der Waals surface area contributed by atoms with Crippen LogP contribution in [0.3, 0.4) is 0 Å². The summed E-state index contributed by atoms with van der Waals surface area (Å²) in [5.74, 6) is 0. The Labute approximate surface area is 61.3 Å². The van der Waals surface area contributed by atoms with E-state index < -0.39 is 0 Å². The van der Waals surface area contributed by atoms with Crippen molar-refractivity contribution >= 4 is 0 Å². The predicted octanol–water partition coefficient (Wildman–Crippen LogP) is -1.30. The highest BCUT2D eigenvalue weighted by Gasteiger charge is 1.92. The molecule has 2 aliphatic heterocycles. The lowest BCUT2D eigenvalue weighted by Gasteiger charge is -1.77. The molecule has 0 aliphatic carbocycles. The zero-order chi connectivity index (χ0) is 7.07. The average Bonchev–Trinajstić information content (AvgIpc) is 2.67. The Morgan fingerprint density at radius 1 is 0.900 bits per heavy atom. The van der Waals surface area contributed by atoms with E-state index in [4.69, 9.17) is 4.74 Å². The van der Waals surface area contributed by atoms with Gasteiger partial charge in [-0.05, 0) is 0 Å². The van der Waals surface area contributed by atoms with Gasteiger partial charge in [-0.3, -0.25) is 5.32 Å². The molecular weight excluding hydrogens is 130 g/mol.